The van der Waals surface area contributed by atoms with Crippen molar-refractivity contribution < 1.29 is 14.1 Å². The van der Waals surface area contributed by atoms with Gasteiger partial charge >= 0.3 is 6.03 Å². The van der Waals surface area contributed by atoms with Crippen LogP contribution in [0.25, 0.3) is 99.2 Å². The largest absolute Gasteiger partial charge is 0.359 e. The van der Waals surface area contributed by atoms with Gasteiger partial charge in [-0.3, -0.25) is 35.6 Å². The molecule has 14 aromatic rings. The van der Waals surface area contributed by atoms with Crippen molar-refractivity contribution in [1.29, 1.82) is 0 Å². The monoisotopic (exact) mass is 1310 g/mol. The van der Waals surface area contributed by atoms with Crippen molar-refractivity contribution in [2.75, 3.05) is 10.6 Å². The highest BCUT2D eigenvalue weighted by atomic mass is 16.5. The number of pyridine rings is 3. The molecule has 0 saturated heterocycles. The van der Waals surface area contributed by atoms with Crippen molar-refractivity contribution in [3.63, 3.8) is 0 Å². The summed E-state index contributed by atoms with van der Waals surface area (Å²) in [6.07, 6.45) is 25.0. The van der Waals surface area contributed by atoms with Crippen LogP contribution in [-0.4, -0.2) is 115 Å². The molecule has 3 aromatic carbocycles. The lowest BCUT2D eigenvalue weighted by Gasteiger charge is -2.28. The van der Waals surface area contributed by atoms with Gasteiger partial charge in [-0.2, -0.15) is 35.3 Å². The molecule has 8 N–H and O–H groups in total. The van der Waals surface area contributed by atoms with Crippen LogP contribution in [0.5, 0.6) is 0 Å². The number of urea groups is 1. The highest BCUT2D eigenvalue weighted by Gasteiger charge is 2.32. The minimum absolute atomic E-state index is 0.0553. The Morgan fingerprint density at radius 3 is 1.56 bits per heavy atom. The molecule has 2 atom stereocenters. The molecule has 496 valence electrons. The van der Waals surface area contributed by atoms with Crippen molar-refractivity contribution in [2.24, 2.45) is 5.92 Å². The summed E-state index contributed by atoms with van der Waals surface area (Å²) in [6.45, 7) is 16.2. The Bertz CT molecular complexity index is 5410. The zero-order valence-corrected chi connectivity index (χ0v) is 56.3. The number of fused-ring (bicyclic) bond motifs is 15. The van der Waals surface area contributed by atoms with Crippen LogP contribution in [0.1, 0.15) is 145 Å². The second-order valence-electron chi connectivity index (χ2n) is 28.0. The fraction of sp³-hybridized carbons (Fsp3) is 0.351. The van der Waals surface area contributed by atoms with Gasteiger partial charge in [0.05, 0.1) is 87.4 Å². The summed E-state index contributed by atoms with van der Waals surface area (Å²) in [5.41, 5.74) is 24.5. The Kier molecular flexibility index (Phi) is 15.7. The van der Waals surface area contributed by atoms with Gasteiger partial charge in [-0.1, -0.05) is 38.8 Å². The molecule has 0 bridgehead atoms. The van der Waals surface area contributed by atoms with Gasteiger partial charge in [-0.25, -0.2) is 29.7 Å². The maximum atomic E-state index is 13.1. The normalized spacial score (nSPS) is 16.2. The highest BCUT2D eigenvalue weighted by molar-refractivity contribution is 6.11. The molecular weight excluding hydrogens is 1230 g/mol. The number of benzene rings is 3. The molecular formula is C74H77N21O3. The van der Waals surface area contributed by atoms with E-state index in [4.69, 9.17) is 19.5 Å². The van der Waals surface area contributed by atoms with Gasteiger partial charge in [0.2, 0.25) is 5.95 Å². The number of rotatable bonds is 8. The van der Waals surface area contributed by atoms with Crippen LogP contribution in [0.2, 0.25) is 0 Å². The van der Waals surface area contributed by atoms with Crippen LogP contribution in [0.4, 0.5) is 16.6 Å². The summed E-state index contributed by atoms with van der Waals surface area (Å²) in [6, 6.07) is 15.9. The predicted molar refractivity (Wildman–Crippen MR) is 378 cm³/mol. The Hall–Kier alpha value is -11.0. The second-order valence-corrected chi connectivity index (χ2v) is 28.0. The predicted octanol–water partition coefficient (Wildman–Crippen LogP) is 14.0. The number of carbonyl (C=O) groups excluding carboxylic acids is 2. The van der Waals surface area contributed by atoms with E-state index >= 15 is 0 Å². The van der Waals surface area contributed by atoms with E-state index in [1.807, 2.05) is 117 Å². The lowest BCUT2D eigenvalue weighted by molar-refractivity contribution is 0.0826. The number of aromatic amines is 5. The molecule has 11 aromatic heterocycles. The number of aryl methyl sites for hydroxylation is 8. The fourth-order valence-corrected chi connectivity index (χ4v) is 15.5. The van der Waals surface area contributed by atoms with E-state index in [1.54, 1.807) is 10.7 Å². The maximum Gasteiger partial charge on any atom is 0.320 e. The van der Waals surface area contributed by atoms with E-state index < -0.39 is 0 Å². The average molecular weight is 1310 g/mol. The Labute approximate surface area is 563 Å². The summed E-state index contributed by atoms with van der Waals surface area (Å²) in [7, 11) is 0. The summed E-state index contributed by atoms with van der Waals surface area (Å²) < 4.78 is 7.03. The van der Waals surface area contributed by atoms with Crippen LogP contribution in [-0.2, 0) is 43.9 Å². The van der Waals surface area contributed by atoms with Gasteiger partial charge in [-0.05, 0) is 188 Å². The second kappa shape index (κ2) is 24.9. The third-order valence-electron chi connectivity index (χ3n) is 20.3. The molecule has 98 heavy (non-hydrogen) atoms. The van der Waals surface area contributed by atoms with E-state index in [9.17, 15) is 9.59 Å². The van der Waals surface area contributed by atoms with Crippen molar-refractivity contribution in [3.8, 4) is 33.8 Å². The number of hydrogen-bond acceptors (Lipinski definition) is 16. The maximum absolute atomic E-state index is 13.1. The van der Waals surface area contributed by atoms with Gasteiger partial charge in [0.25, 0.3) is 5.91 Å². The molecule has 1 saturated carbocycles. The molecule has 24 nitrogen and oxygen atoms in total. The Morgan fingerprint density at radius 1 is 0.520 bits per heavy atom. The number of hydrogen-bond donors (Lipinski definition) is 8. The first-order chi connectivity index (χ1) is 47.6. The molecule has 1 fully saturated rings. The standard InChI is InChI=1S/C26H28N8O2.C24H24N8.C24H25N5O/c1-13-17(11-27-32-13)24-16-9-14(29-25(35)31-22-10-21(36-34-22)26(2,3)4)5-6-15(16)23-18-12-28-33-19(18)7-8-20(23)30-24;1-12-8-13(2)28-24(27-12)29-15-4-5-16-17(9-15)23(18-10-25-31-14(18)3)30-21-7-6-20-19(22(16)21)11-26-32-20;1-14-18(12-25-28-14)23-17-9-5-4-8-16(17)22-19-13-26-29(21(19)11-10-20(22)27-23)24(30)15-6-2-3-7-15/h7-8,10-12,14H,5-6,9H2,1-4H3,(H,27,32)(H,28,33)(H2,29,31,34,35);6-8,10-11,15H,4-5,9H2,1-3H3,(H,25,31)(H,26,32)(H,27,28,29);10-13,15H,2-9H2,1H3,(H,25,28). The van der Waals surface area contributed by atoms with Crippen molar-refractivity contribution in [3.05, 3.63) is 153 Å². The number of amides is 2. The van der Waals surface area contributed by atoms with Gasteiger partial charge in [0.1, 0.15) is 5.76 Å². The Morgan fingerprint density at radius 2 is 1.02 bits per heavy atom. The number of nitrogens with zero attached hydrogens (tertiary/aromatic N) is 13. The molecule has 2 amide bonds. The molecule has 4 aliphatic rings. The van der Waals surface area contributed by atoms with E-state index in [2.05, 4.69) is 105 Å². The van der Waals surface area contributed by atoms with Crippen LogP contribution in [0, 0.1) is 40.5 Å². The summed E-state index contributed by atoms with van der Waals surface area (Å²) in [5, 5.41) is 61.4. The summed E-state index contributed by atoms with van der Waals surface area (Å²) in [5.74, 6) is 2.07. The molecule has 24 heteroatoms. The molecule has 0 spiro atoms. The van der Waals surface area contributed by atoms with Crippen LogP contribution in [0.3, 0.4) is 0 Å². The van der Waals surface area contributed by atoms with Gasteiger partial charge in [-0.15, -0.1) is 0 Å². The van der Waals surface area contributed by atoms with E-state index in [1.165, 1.54) is 51.4 Å². The SMILES string of the molecule is Cc1[nH]ncc1-c1nc2ccc3[nH]ncc3c2c2c1CC(NC(=O)Nc1cc(C(C)(C)C)on1)CC2.Cc1[nH]ncc1-c1nc2ccc3c(cnn3C(=O)C3CCCC3)c2c2c1CCCC2.Cc1cc(C)nc(NC2CCc3c(c(-c4cn[nH]c4C)nc4ccc5[nH]ncc5c34)C2)n1. The number of carbonyl (C=O) groups is 2. The first-order valence-electron chi connectivity index (χ1n) is 34.1. The topological polar surface area (TPSA) is 322 Å². The zero-order chi connectivity index (χ0) is 67.1. The third-order valence-corrected chi connectivity index (χ3v) is 20.3. The number of nitrogens with one attached hydrogen (secondary N) is 8. The molecule has 0 radical (unpaired) electrons. The lowest BCUT2D eigenvalue weighted by atomic mass is 9.83. The van der Waals surface area contributed by atoms with Gasteiger partial charge in [0, 0.05) is 107 Å². The van der Waals surface area contributed by atoms with Crippen molar-refractivity contribution >= 4 is 89.1 Å². The van der Waals surface area contributed by atoms with Gasteiger partial charge in [0.15, 0.2) is 5.82 Å². The first-order valence-corrected chi connectivity index (χ1v) is 34.1. The molecule has 0 aliphatic heterocycles. The molecule has 11 heterocycles. The summed E-state index contributed by atoms with van der Waals surface area (Å²) in [4.78, 5) is 50.4. The lowest BCUT2D eigenvalue weighted by Crippen LogP contribution is -2.41. The first kappa shape index (κ1) is 61.8. The molecule has 4 aliphatic carbocycles. The van der Waals surface area contributed by atoms with Crippen LogP contribution >= 0.6 is 0 Å². The number of H-pyrrole nitrogens is 5. The Balaban J connectivity index is 0.000000115. The quantitative estimate of drug-likeness (QED) is 0.0701. The smallest absolute Gasteiger partial charge is 0.320 e. The van der Waals surface area contributed by atoms with E-state index in [0.717, 1.165) is 193 Å². The van der Waals surface area contributed by atoms with Crippen LogP contribution < -0.4 is 16.0 Å². The van der Waals surface area contributed by atoms with Gasteiger partial charge < -0.3 is 15.2 Å². The number of anilines is 2. The van der Waals surface area contributed by atoms with E-state index in [-0.39, 0.29) is 35.4 Å². The fourth-order valence-electron chi connectivity index (χ4n) is 15.5. The summed E-state index contributed by atoms with van der Waals surface area (Å²) >= 11 is 0. The highest BCUT2D eigenvalue weighted by Crippen LogP contribution is 2.43. The average Bonchev–Trinajstić information content (AvgIpc) is 1.52. The molecule has 2 unspecified atom stereocenters. The van der Waals surface area contributed by atoms with Crippen LogP contribution in [0.15, 0.2) is 90.2 Å². The zero-order valence-electron chi connectivity index (χ0n) is 56.3. The van der Waals surface area contributed by atoms with Crippen molar-refractivity contribution in [2.45, 2.75) is 163 Å². The number of aromatic nitrogens is 18. The third kappa shape index (κ3) is 11.3. The van der Waals surface area contributed by atoms with Crippen molar-refractivity contribution in [1.82, 2.24) is 96.2 Å². The molecule has 18 rings (SSSR count). The minimum Gasteiger partial charge on any atom is -0.359 e. The van der Waals surface area contributed by atoms with E-state index in [0.29, 0.717) is 23.9 Å². The minimum atomic E-state index is -0.302.